The molecule has 2 fully saturated rings. The van der Waals surface area contributed by atoms with Crippen molar-refractivity contribution in [2.75, 3.05) is 24.5 Å². The summed E-state index contributed by atoms with van der Waals surface area (Å²) in [4.78, 5) is 22.5. The first-order chi connectivity index (χ1) is 9.26. The van der Waals surface area contributed by atoms with Crippen LogP contribution in [0, 0.1) is 11.8 Å². The van der Waals surface area contributed by atoms with E-state index in [9.17, 15) is 4.79 Å². The molecule has 102 valence electrons. The Hall–Kier alpha value is -1.65. The summed E-state index contributed by atoms with van der Waals surface area (Å²) < 4.78 is 0. The monoisotopic (exact) mass is 260 g/mol. The molecule has 2 atom stereocenters. The summed E-state index contributed by atoms with van der Waals surface area (Å²) in [7, 11) is 0. The SMILES string of the molecule is CCCc1cnc(N2C[C@H]3CC(=O)NC[C@H]3C2)nc1. The van der Waals surface area contributed by atoms with Crippen molar-refractivity contribution < 1.29 is 4.79 Å². The van der Waals surface area contributed by atoms with Crippen LogP contribution in [0.3, 0.4) is 0 Å². The first-order valence-corrected chi connectivity index (χ1v) is 7.09. The molecule has 2 aliphatic heterocycles. The lowest BCUT2D eigenvalue weighted by Gasteiger charge is -2.23. The van der Waals surface area contributed by atoms with Gasteiger partial charge in [-0.1, -0.05) is 13.3 Å². The van der Waals surface area contributed by atoms with Gasteiger partial charge in [0.2, 0.25) is 11.9 Å². The van der Waals surface area contributed by atoms with Crippen LogP contribution in [0.5, 0.6) is 0 Å². The maximum Gasteiger partial charge on any atom is 0.225 e. The molecular weight excluding hydrogens is 240 g/mol. The Morgan fingerprint density at radius 1 is 1.32 bits per heavy atom. The maximum atomic E-state index is 11.4. The second-order valence-electron chi connectivity index (χ2n) is 5.57. The Labute approximate surface area is 113 Å². The Morgan fingerprint density at radius 2 is 2.05 bits per heavy atom. The lowest BCUT2D eigenvalue weighted by atomic mass is 9.89. The fourth-order valence-corrected chi connectivity index (χ4v) is 3.05. The Bertz CT molecular complexity index is 459. The Balaban J connectivity index is 1.68. The number of nitrogens with zero attached hydrogens (tertiary/aromatic N) is 3. The van der Waals surface area contributed by atoms with Gasteiger partial charge in [0, 0.05) is 38.4 Å². The van der Waals surface area contributed by atoms with Crippen molar-refractivity contribution in [3.8, 4) is 0 Å². The average Bonchev–Trinajstić information content (AvgIpc) is 2.83. The van der Waals surface area contributed by atoms with Crippen LogP contribution in [0.25, 0.3) is 0 Å². The van der Waals surface area contributed by atoms with Gasteiger partial charge < -0.3 is 10.2 Å². The third kappa shape index (κ3) is 2.55. The zero-order valence-corrected chi connectivity index (χ0v) is 11.3. The first kappa shape index (κ1) is 12.4. The molecule has 1 aromatic heterocycles. The van der Waals surface area contributed by atoms with E-state index < -0.39 is 0 Å². The number of hydrogen-bond acceptors (Lipinski definition) is 4. The van der Waals surface area contributed by atoms with Crippen molar-refractivity contribution >= 4 is 11.9 Å². The van der Waals surface area contributed by atoms with Crippen LogP contribution in [0.1, 0.15) is 25.3 Å². The van der Waals surface area contributed by atoms with E-state index in [2.05, 4.69) is 27.1 Å². The fourth-order valence-electron chi connectivity index (χ4n) is 3.05. The van der Waals surface area contributed by atoms with Crippen molar-refractivity contribution in [2.45, 2.75) is 26.2 Å². The molecule has 0 aromatic carbocycles. The molecule has 5 heteroatoms. The largest absolute Gasteiger partial charge is 0.356 e. The van der Waals surface area contributed by atoms with Crippen LogP contribution in [-0.4, -0.2) is 35.5 Å². The van der Waals surface area contributed by atoms with Gasteiger partial charge in [0.15, 0.2) is 0 Å². The van der Waals surface area contributed by atoms with Crippen LogP contribution in [-0.2, 0) is 11.2 Å². The minimum absolute atomic E-state index is 0.183. The van der Waals surface area contributed by atoms with Gasteiger partial charge in [0.1, 0.15) is 0 Å². The summed E-state index contributed by atoms with van der Waals surface area (Å²) in [6.07, 6.45) is 6.65. The zero-order chi connectivity index (χ0) is 13.2. The highest BCUT2D eigenvalue weighted by molar-refractivity contribution is 5.77. The van der Waals surface area contributed by atoms with Gasteiger partial charge in [0.05, 0.1) is 0 Å². The number of amides is 1. The topological polar surface area (TPSA) is 58.1 Å². The molecule has 5 nitrogen and oxygen atoms in total. The third-order valence-electron chi connectivity index (χ3n) is 4.10. The van der Waals surface area contributed by atoms with Crippen molar-refractivity contribution in [2.24, 2.45) is 11.8 Å². The fraction of sp³-hybridized carbons (Fsp3) is 0.643. The van der Waals surface area contributed by atoms with E-state index in [1.807, 2.05) is 12.4 Å². The summed E-state index contributed by atoms with van der Waals surface area (Å²) >= 11 is 0. The van der Waals surface area contributed by atoms with Crippen LogP contribution >= 0.6 is 0 Å². The Kier molecular flexibility index (Phi) is 3.36. The van der Waals surface area contributed by atoms with Gasteiger partial charge in [-0.05, 0) is 23.8 Å². The number of carbonyl (C=O) groups excluding carboxylic acids is 1. The number of rotatable bonds is 3. The Morgan fingerprint density at radius 3 is 2.79 bits per heavy atom. The molecule has 0 aliphatic carbocycles. The van der Waals surface area contributed by atoms with Crippen LogP contribution < -0.4 is 10.2 Å². The zero-order valence-electron chi connectivity index (χ0n) is 11.3. The van der Waals surface area contributed by atoms with Crippen molar-refractivity contribution in [1.82, 2.24) is 15.3 Å². The predicted molar refractivity (Wildman–Crippen MR) is 72.8 cm³/mol. The number of piperidine rings is 1. The van der Waals surface area contributed by atoms with Crippen LogP contribution in [0.2, 0.25) is 0 Å². The van der Waals surface area contributed by atoms with Crippen molar-refractivity contribution in [3.05, 3.63) is 18.0 Å². The van der Waals surface area contributed by atoms with Crippen LogP contribution in [0.15, 0.2) is 12.4 Å². The standard InChI is InChI=1S/C14H20N4O/c1-2-3-10-5-16-14(17-6-10)18-8-11-4-13(19)15-7-12(11)9-18/h5-6,11-12H,2-4,7-9H2,1H3,(H,15,19)/t11-,12+/m1/s1. The van der Waals surface area contributed by atoms with E-state index >= 15 is 0 Å². The molecule has 2 aliphatic rings. The number of anilines is 1. The molecule has 0 spiro atoms. The lowest BCUT2D eigenvalue weighted by molar-refractivity contribution is -0.124. The molecule has 0 bridgehead atoms. The molecular formula is C14H20N4O. The first-order valence-electron chi connectivity index (χ1n) is 7.09. The number of fused-ring (bicyclic) bond motifs is 1. The normalized spacial score (nSPS) is 26.2. The minimum Gasteiger partial charge on any atom is -0.356 e. The van der Waals surface area contributed by atoms with E-state index in [-0.39, 0.29) is 5.91 Å². The molecule has 0 saturated carbocycles. The quantitative estimate of drug-likeness (QED) is 0.881. The van der Waals surface area contributed by atoms with E-state index in [0.29, 0.717) is 18.3 Å². The molecule has 1 N–H and O–H groups in total. The second-order valence-corrected chi connectivity index (χ2v) is 5.57. The number of hydrogen-bond donors (Lipinski definition) is 1. The number of aryl methyl sites for hydroxylation is 1. The highest BCUT2D eigenvalue weighted by Crippen LogP contribution is 2.30. The molecule has 19 heavy (non-hydrogen) atoms. The molecule has 1 amide bonds. The summed E-state index contributed by atoms with van der Waals surface area (Å²) in [5, 5.41) is 2.94. The van der Waals surface area contributed by atoms with Crippen molar-refractivity contribution in [1.29, 1.82) is 0 Å². The number of carbonyl (C=O) groups is 1. The van der Waals surface area contributed by atoms with Crippen LogP contribution in [0.4, 0.5) is 5.95 Å². The number of nitrogens with one attached hydrogen (secondary N) is 1. The number of aromatic nitrogens is 2. The predicted octanol–water partition coefficient (Wildman–Crippen LogP) is 1.00. The summed E-state index contributed by atoms with van der Waals surface area (Å²) in [5.74, 6) is 2.01. The van der Waals surface area contributed by atoms with Gasteiger partial charge in [0.25, 0.3) is 0 Å². The molecule has 1 aromatic rings. The summed E-state index contributed by atoms with van der Waals surface area (Å²) in [6.45, 7) is 4.82. The van der Waals surface area contributed by atoms with E-state index in [1.54, 1.807) is 0 Å². The van der Waals surface area contributed by atoms with Gasteiger partial charge in [-0.25, -0.2) is 9.97 Å². The van der Waals surface area contributed by atoms with E-state index in [4.69, 9.17) is 0 Å². The van der Waals surface area contributed by atoms with Gasteiger partial charge in [-0.2, -0.15) is 0 Å². The van der Waals surface area contributed by atoms with E-state index in [0.717, 1.165) is 38.4 Å². The average molecular weight is 260 g/mol. The highest BCUT2D eigenvalue weighted by Gasteiger charge is 2.37. The summed E-state index contributed by atoms with van der Waals surface area (Å²) in [5.41, 5.74) is 1.19. The van der Waals surface area contributed by atoms with Gasteiger partial charge in [-0.3, -0.25) is 4.79 Å². The van der Waals surface area contributed by atoms with E-state index in [1.165, 1.54) is 5.56 Å². The molecule has 0 radical (unpaired) electrons. The van der Waals surface area contributed by atoms with Gasteiger partial charge in [-0.15, -0.1) is 0 Å². The summed E-state index contributed by atoms with van der Waals surface area (Å²) in [6, 6.07) is 0. The molecule has 0 unspecified atom stereocenters. The smallest absolute Gasteiger partial charge is 0.225 e. The highest BCUT2D eigenvalue weighted by atomic mass is 16.1. The molecule has 3 heterocycles. The molecule has 3 rings (SSSR count). The lowest BCUT2D eigenvalue weighted by Crippen LogP contribution is -2.39. The minimum atomic E-state index is 0.183. The second kappa shape index (κ2) is 5.15. The third-order valence-corrected chi connectivity index (χ3v) is 4.10. The molecule has 2 saturated heterocycles. The van der Waals surface area contributed by atoms with Gasteiger partial charge >= 0.3 is 0 Å². The van der Waals surface area contributed by atoms with Crippen molar-refractivity contribution in [3.63, 3.8) is 0 Å². The maximum absolute atomic E-state index is 11.4.